The molecule has 0 fully saturated rings. The molecule has 0 aromatic carbocycles. The molecule has 0 aliphatic rings. The molecule has 0 aromatic rings. The van der Waals surface area contributed by atoms with E-state index in [1.807, 2.05) is 12.1 Å². The van der Waals surface area contributed by atoms with Gasteiger partial charge in [0.2, 0.25) is 11.3 Å². The van der Waals surface area contributed by atoms with E-state index in [1.54, 1.807) is 13.8 Å². The molecule has 0 saturated carbocycles. The molecule has 52 valence electrons. The van der Waals surface area contributed by atoms with Gasteiger partial charge in [0.25, 0.3) is 0 Å². The average Bonchev–Trinajstić information content (AvgIpc) is 2.00. The first-order valence-electron chi connectivity index (χ1n) is 2.88. The highest BCUT2D eigenvalue weighted by Gasteiger charge is 2.32. The van der Waals surface area contributed by atoms with Crippen LogP contribution in [0, 0.1) is 22.7 Å². The van der Waals surface area contributed by atoms with Crippen LogP contribution in [0.25, 0.3) is 0 Å². The first-order chi connectivity index (χ1) is 4.63. The second kappa shape index (κ2) is 3.99. The minimum Gasteiger partial charge on any atom is -0.193 e. The lowest BCUT2D eigenvalue weighted by Crippen LogP contribution is -1.99. The Morgan fingerprint density at radius 2 is 1.50 bits per heavy atom. The molecule has 0 bridgehead atoms. The summed E-state index contributed by atoms with van der Waals surface area (Å²) < 4.78 is 11.0. The highest BCUT2D eigenvalue weighted by Crippen LogP contribution is 2.32. The molecular weight excluding hydrogens is 147 g/mol. The Balaban J connectivity index is 4.15. The van der Waals surface area contributed by atoms with Gasteiger partial charge in [-0.05, 0) is 13.8 Å². The number of rotatable bonds is 2. The second-order valence-electron chi connectivity index (χ2n) is 1.97. The number of nitriles is 2. The van der Waals surface area contributed by atoms with Crippen LogP contribution in [0.15, 0.2) is 0 Å². The maximum Gasteiger partial charge on any atom is 0.374 e. The Hall–Kier alpha value is -0.920. The largest absolute Gasteiger partial charge is 0.374 e. The van der Waals surface area contributed by atoms with Gasteiger partial charge in [-0.3, -0.25) is 0 Å². The SMILES string of the molecule is CC(C#N)[P+](=O)C(C)C#N. The van der Waals surface area contributed by atoms with E-state index in [9.17, 15) is 4.57 Å². The van der Waals surface area contributed by atoms with E-state index in [-0.39, 0.29) is 0 Å². The predicted molar refractivity (Wildman–Crippen MR) is 37.8 cm³/mol. The van der Waals surface area contributed by atoms with Crippen molar-refractivity contribution in [1.82, 2.24) is 0 Å². The van der Waals surface area contributed by atoms with Gasteiger partial charge in [-0.15, -0.1) is 0 Å². The van der Waals surface area contributed by atoms with E-state index in [0.29, 0.717) is 0 Å². The van der Waals surface area contributed by atoms with Crippen LogP contribution in [0.3, 0.4) is 0 Å². The fourth-order valence-electron chi connectivity index (χ4n) is 0.449. The zero-order chi connectivity index (χ0) is 8.15. The highest BCUT2D eigenvalue weighted by molar-refractivity contribution is 7.47. The van der Waals surface area contributed by atoms with Crippen molar-refractivity contribution in [3.8, 4) is 12.1 Å². The molecule has 3 nitrogen and oxygen atoms in total. The van der Waals surface area contributed by atoms with Crippen LogP contribution in [-0.4, -0.2) is 11.3 Å². The Bertz CT molecular complexity index is 191. The quantitative estimate of drug-likeness (QED) is 0.569. The van der Waals surface area contributed by atoms with Crippen molar-refractivity contribution in [2.24, 2.45) is 0 Å². The fraction of sp³-hybridized carbons (Fsp3) is 0.667. The third-order valence-electron chi connectivity index (χ3n) is 1.14. The molecule has 0 heterocycles. The van der Waals surface area contributed by atoms with Gasteiger partial charge < -0.3 is 0 Å². The van der Waals surface area contributed by atoms with Crippen molar-refractivity contribution in [3.63, 3.8) is 0 Å². The van der Waals surface area contributed by atoms with Crippen LogP contribution in [0.4, 0.5) is 0 Å². The van der Waals surface area contributed by atoms with Crippen LogP contribution in [0.2, 0.25) is 0 Å². The van der Waals surface area contributed by atoms with Crippen LogP contribution in [0.1, 0.15) is 13.8 Å². The zero-order valence-electron chi connectivity index (χ0n) is 5.90. The summed E-state index contributed by atoms with van der Waals surface area (Å²) in [4.78, 5) is 0. The van der Waals surface area contributed by atoms with Crippen LogP contribution in [-0.2, 0) is 4.57 Å². The zero-order valence-corrected chi connectivity index (χ0v) is 6.80. The fourth-order valence-corrected chi connectivity index (χ4v) is 1.35. The lowest BCUT2D eigenvalue weighted by atomic mass is 10.5. The Labute approximate surface area is 61.1 Å². The minimum absolute atomic E-state index is 0.510. The molecule has 0 spiro atoms. The summed E-state index contributed by atoms with van der Waals surface area (Å²) in [6.07, 6.45) is 0. The van der Waals surface area contributed by atoms with Gasteiger partial charge in [0, 0.05) is 0 Å². The van der Waals surface area contributed by atoms with Gasteiger partial charge in [0.15, 0.2) is 0 Å². The summed E-state index contributed by atoms with van der Waals surface area (Å²) in [6, 6.07) is 3.69. The summed E-state index contributed by atoms with van der Waals surface area (Å²) in [6.45, 7) is 3.12. The van der Waals surface area contributed by atoms with Gasteiger partial charge in [0.05, 0.1) is 0 Å². The first kappa shape index (κ1) is 9.08. The van der Waals surface area contributed by atoms with Crippen LogP contribution >= 0.6 is 7.80 Å². The molecular formula is C6H8N2OP+. The molecule has 2 unspecified atom stereocenters. The highest BCUT2D eigenvalue weighted by atomic mass is 31.1. The summed E-state index contributed by atoms with van der Waals surface area (Å²) in [5, 5.41) is 16.6. The summed E-state index contributed by atoms with van der Waals surface area (Å²) in [5.41, 5.74) is -1.02. The van der Waals surface area contributed by atoms with E-state index >= 15 is 0 Å². The molecule has 0 aliphatic carbocycles. The van der Waals surface area contributed by atoms with Gasteiger partial charge in [-0.1, -0.05) is 4.57 Å². The van der Waals surface area contributed by atoms with E-state index in [2.05, 4.69) is 0 Å². The molecule has 0 amide bonds. The van der Waals surface area contributed by atoms with E-state index < -0.39 is 19.1 Å². The third kappa shape index (κ3) is 2.13. The van der Waals surface area contributed by atoms with Crippen LogP contribution in [0.5, 0.6) is 0 Å². The lowest BCUT2D eigenvalue weighted by Gasteiger charge is -1.87. The maximum absolute atomic E-state index is 11.0. The molecule has 0 aromatic heterocycles. The van der Waals surface area contributed by atoms with Crippen LogP contribution < -0.4 is 0 Å². The van der Waals surface area contributed by atoms with Gasteiger partial charge in [0.1, 0.15) is 12.1 Å². The molecule has 0 N–H and O–H groups in total. The van der Waals surface area contributed by atoms with E-state index in [0.717, 1.165) is 0 Å². The maximum atomic E-state index is 11.0. The van der Waals surface area contributed by atoms with E-state index in [4.69, 9.17) is 10.5 Å². The molecule has 0 rings (SSSR count). The number of nitrogens with zero attached hydrogens (tertiary/aromatic N) is 2. The molecule has 4 heteroatoms. The summed E-state index contributed by atoms with van der Waals surface area (Å²) in [7, 11) is -1.68. The van der Waals surface area contributed by atoms with Gasteiger partial charge >= 0.3 is 7.80 Å². The number of hydrogen-bond donors (Lipinski definition) is 0. The normalized spacial score (nSPS) is 16.2. The molecule has 0 saturated heterocycles. The third-order valence-corrected chi connectivity index (χ3v) is 2.89. The molecule has 2 atom stereocenters. The van der Waals surface area contributed by atoms with Crippen molar-refractivity contribution in [2.45, 2.75) is 25.2 Å². The molecule has 0 aliphatic heterocycles. The van der Waals surface area contributed by atoms with E-state index in [1.165, 1.54) is 0 Å². The monoisotopic (exact) mass is 155 g/mol. The van der Waals surface area contributed by atoms with Crippen molar-refractivity contribution in [2.75, 3.05) is 0 Å². The Kier molecular flexibility index (Phi) is 3.62. The van der Waals surface area contributed by atoms with Crippen molar-refractivity contribution in [3.05, 3.63) is 0 Å². The molecule has 0 radical (unpaired) electrons. The Morgan fingerprint density at radius 1 is 1.20 bits per heavy atom. The second-order valence-corrected chi connectivity index (χ2v) is 4.24. The standard InChI is InChI=1S/C6H8N2OP/c1-5(3-7)10(9)6(2)4-8/h5-6H,1-2H3/q+1. The van der Waals surface area contributed by atoms with Crippen molar-refractivity contribution >= 4 is 7.80 Å². The average molecular weight is 155 g/mol. The first-order valence-corrected chi connectivity index (χ1v) is 4.28. The van der Waals surface area contributed by atoms with Gasteiger partial charge in [-0.2, -0.15) is 10.5 Å². The topological polar surface area (TPSA) is 64.7 Å². The summed E-state index contributed by atoms with van der Waals surface area (Å²) >= 11 is 0. The predicted octanol–water partition coefficient (Wildman–Crippen LogP) is 1.64. The molecule has 10 heavy (non-hydrogen) atoms. The lowest BCUT2D eigenvalue weighted by molar-refractivity contribution is 0.582. The van der Waals surface area contributed by atoms with Crippen molar-refractivity contribution < 1.29 is 4.57 Å². The smallest absolute Gasteiger partial charge is 0.193 e. The Morgan fingerprint density at radius 3 is 1.70 bits per heavy atom. The summed E-state index contributed by atoms with van der Waals surface area (Å²) in [5.74, 6) is 0. The minimum atomic E-state index is -1.68. The van der Waals surface area contributed by atoms with Crippen molar-refractivity contribution in [1.29, 1.82) is 10.5 Å². The number of hydrogen-bond acceptors (Lipinski definition) is 3. The van der Waals surface area contributed by atoms with Gasteiger partial charge in [-0.25, -0.2) is 0 Å².